The number of unbranched alkanes of at least 4 members (excludes halogenated alkanes) is 1. The number of pyridine rings is 1. The van der Waals surface area contributed by atoms with E-state index in [9.17, 15) is 9.59 Å². The number of rotatable bonds is 8. The molecule has 6 nitrogen and oxygen atoms in total. The van der Waals surface area contributed by atoms with E-state index in [2.05, 4.69) is 22.5 Å². The van der Waals surface area contributed by atoms with Crippen LogP contribution in [0.4, 0.5) is 5.69 Å². The number of amides is 2. The van der Waals surface area contributed by atoms with Crippen molar-refractivity contribution in [2.24, 2.45) is 0 Å². The van der Waals surface area contributed by atoms with Gasteiger partial charge in [0, 0.05) is 26.0 Å². The molecule has 0 unspecified atom stereocenters. The first kappa shape index (κ1) is 17.4. The highest BCUT2D eigenvalue weighted by Crippen LogP contribution is 2.16. The molecule has 2 amide bonds. The van der Waals surface area contributed by atoms with Crippen LogP contribution in [0, 0.1) is 0 Å². The van der Waals surface area contributed by atoms with Crippen molar-refractivity contribution in [2.45, 2.75) is 26.2 Å². The second-order valence-corrected chi connectivity index (χ2v) is 4.73. The van der Waals surface area contributed by atoms with Crippen LogP contribution in [0.5, 0.6) is 0 Å². The van der Waals surface area contributed by atoms with Crippen LogP contribution < -0.4 is 10.6 Å². The quantitative estimate of drug-likeness (QED) is 0.437. The fraction of sp³-hybridized carbons (Fsp3) is 0.500. The van der Waals surface area contributed by atoms with E-state index in [4.69, 9.17) is 16.3 Å². The van der Waals surface area contributed by atoms with Crippen molar-refractivity contribution in [3.63, 3.8) is 0 Å². The number of nitrogens with one attached hydrogen (secondary N) is 2. The molecule has 116 valence electrons. The predicted molar refractivity (Wildman–Crippen MR) is 81.2 cm³/mol. The normalized spacial score (nSPS) is 10.2. The summed E-state index contributed by atoms with van der Waals surface area (Å²) in [5.74, 6) is -1.47. The number of nitrogens with zero attached hydrogens (tertiary/aromatic N) is 1. The molecule has 0 radical (unpaired) electrons. The molecule has 1 aromatic rings. The Bertz CT molecular complexity index is 469. The van der Waals surface area contributed by atoms with Crippen LogP contribution in [-0.2, 0) is 14.3 Å². The Hall–Kier alpha value is -1.66. The highest BCUT2D eigenvalue weighted by Gasteiger charge is 2.14. The van der Waals surface area contributed by atoms with E-state index in [1.807, 2.05) is 0 Å². The molecular weight excluding hydrogens is 294 g/mol. The highest BCUT2D eigenvalue weighted by molar-refractivity contribution is 6.41. The topological polar surface area (TPSA) is 80.3 Å². The van der Waals surface area contributed by atoms with Crippen LogP contribution in [0.2, 0.25) is 5.15 Å². The number of carbonyl (C=O) groups excluding carboxylic acids is 2. The Morgan fingerprint density at radius 2 is 2.05 bits per heavy atom. The van der Waals surface area contributed by atoms with Gasteiger partial charge in [-0.3, -0.25) is 9.59 Å². The van der Waals surface area contributed by atoms with E-state index >= 15 is 0 Å². The number of carbonyl (C=O) groups is 2. The Balaban J connectivity index is 2.20. The van der Waals surface area contributed by atoms with Crippen molar-refractivity contribution in [2.75, 3.05) is 25.1 Å². The minimum atomic E-state index is -0.767. The number of ether oxygens (including phenoxy) is 1. The molecule has 0 spiro atoms. The summed E-state index contributed by atoms with van der Waals surface area (Å²) < 4.78 is 5.35. The van der Waals surface area contributed by atoms with Gasteiger partial charge in [-0.1, -0.05) is 24.9 Å². The minimum Gasteiger partial charge on any atom is -0.381 e. The lowest BCUT2D eigenvalue weighted by Crippen LogP contribution is -2.36. The van der Waals surface area contributed by atoms with Crippen LogP contribution in [0.1, 0.15) is 26.2 Å². The van der Waals surface area contributed by atoms with Crippen molar-refractivity contribution in [1.29, 1.82) is 0 Å². The zero-order valence-electron chi connectivity index (χ0n) is 12.0. The molecule has 0 aliphatic heterocycles. The smallest absolute Gasteiger partial charge is 0.313 e. The van der Waals surface area contributed by atoms with Gasteiger partial charge in [-0.15, -0.1) is 0 Å². The molecule has 21 heavy (non-hydrogen) atoms. The molecule has 1 rings (SSSR count). The van der Waals surface area contributed by atoms with Gasteiger partial charge in [-0.05, 0) is 25.0 Å². The van der Waals surface area contributed by atoms with Gasteiger partial charge in [0.1, 0.15) is 0 Å². The summed E-state index contributed by atoms with van der Waals surface area (Å²) in [6.45, 7) is 3.77. The Labute approximate surface area is 129 Å². The second-order valence-electron chi connectivity index (χ2n) is 4.37. The lowest BCUT2D eigenvalue weighted by atomic mass is 10.3. The molecule has 1 heterocycles. The highest BCUT2D eigenvalue weighted by atomic mass is 35.5. The molecule has 0 saturated carbocycles. The largest absolute Gasteiger partial charge is 0.381 e. The molecule has 0 aliphatic rings. The zero-order valence-corrected chi connectivity index (χ0v) is 12.8. The minimum absolute atomic E-state index is 0.142. The van der Waals surface area contributed by atoms with Crippen LogP contribution in [0.25, 0.3) is 0 Å². The van der Waals surface area contributed by atoms with Gasteiger partial charge in [-0.2, -0.15) is 0 Å². The molecule has 1 aromatic heterocycles. The Morgan fingerprint density at radius 3 is 2.76 bits per heavy atom. The maximum absolute atomic E-state index is 11.6. The summed E-state index contributed by atoms with van der Waals surface area (Å²) in [6.07, 6.45) is 4.28. The zero-order chi connectivity index (χ0) is 15.5. The van der Waals surface area contributed by atoms with Gasteiger partial charge in [0.2, 0.25) is 0 Å². The van der Waals surface area contributed by atoms with E-state index in [1.54, 1.807) is 12.1 Å². The molecular formula is C14H20ClN3O3. The molecule has 0 aliphatic carbocycles. The molecule has 0 aromatic carbocycles. The molecule has 0 fully saturated rings. The van der Waals surface area contributed by atoms with Crippen LogP contribution in [0.3, 0.4) is 0 Å². The summed E-state index contributed by atoms with van der Waals surface area (Å²) >= 11 is 5.79. The van der Waals surface area contributed by atoms with E-state index < -0.39 is 11.8 Å². The monoisotopic (exact) mass is 313 g/mol. The number of aromatic nitrogens is 1. The molecule has 0 bridgehead atoms. The van der Waals surface area contributed by atoms with E-state index in [-0.39, 0.29) is 5.15 Å². The third kappa shape index (κ3) is 7.06. The van der Waals surface area contributed by atoms with E-state index in [1.165, 1.54) is 6.20 Å². The SMILES string of the molecule is CCCCOCCCNC(=O)C(=O)Nc1cccnc1Cl. The van der Waals surface area contributed by atoms with Gasteiger partial charge < -0.3 is 15.4 Å². The lowest BCUT2D eigenvalue weighted by molar-refractivity contribution is -0.136. The predicted octanol–water partition coefficient (Wildman–Crippen LogP) is 2.00. The van der Waals surface area contributed by atoms with E-state index in [0.717, 1.165) is 19.4 Å². The maximum atomic E-state index is 11.6. The number of hydrogen-bond acceptors (Lipinski definition) is 4. The first-order valence-corrected chi connectivity index (χ1v) is 7.30. The van der Waals surface area contributed by atoms with Crippen LogP contribution >= 0.6 is 11.6 Å². The standard InChI is InChI=1S/C14H20ClN3O3/c1-2-3-9-21-10-5-8-17-13(19)14(20)18-11-6-4-7-16-12(11)15/h4,6-7H,2-3,5,8-10H2,1H3,(H,17,19)(H,18,20). The second kappa shape index (κ2) is 10.1. The molecule has 7 heteroatoms. The van der Waals surface area contributed by atoms with Crippen molar-refractivity contribution >= 4 is 29.1 Å². The first-order valence-electron chi connectivity index (χ1n) is 6.92. The van der Waals surface area contributed by atoms with Crippen molar-refractivity contribution in [3.05, 3.63) is 23.5 Å². The molecule has 0 atom stereocenters. The Kier molecular flexibility index (Phi) is 8.38. The van der Waals surface area contributed by atoms with E-state index in [0.29, 0.717) is 25.3 Å². The fourth-order valence-corrected chi connectivity index (χ4v) is 1.63. The molecule has 0 saturated heterocycles. The van der Waals surface area contributed by atoms with Gasteiger partial charge in [0.25, 0.3) is 0 Å². The van der Waals surface area contributed by atoms with Gasteiger partial charge in [0.15, 0.2) is 5.15 Å². The van der Waals surface area contributed by atoms with Crippen molar-refractivity contribution in [1.82, 2.24) is 10.3 Å². The summed E-state index contributed by atoms with van der Waals surface area (Å²) in [6, 6.07) is 3.19. The first-order chi connectivity index (χ1) is 10.1. The van der Waals surface area contributed by atoms with Crippen LogP contribution in [-0.4, -0.2) is 36.6 Å². The third-order valence-corrected chi connectivity index (χ3v) is 2.91. The fourth-order valence-electron chi connectivity index (χ4n) is 1.46. The maximum Gasteiger partial charge on any atom is 0.313 e. The van der Waals surface area contributed by atoms with Gasteiger partial charge >= 0.3 is 11.8 Å². The van der Waals surface area contributed by atoms with Gasteiger partial charge in [-0.25, -0.2) is 4.98 Å². The van der Waals surface area contributed by atoms with Crippen molar-refractivity contribution < 1.29 is 14.3 Å². The summed E-state index contributed by atoms with van der Waals surface area (Å²) in [5, 5.41) is 5.06. The Morgan fingerprint density at radius 1 is 1.29 bits per heavy atom. The average molecular weight is 314 g/mol. The number of halogens is 1. The lowest BCUT2D eigenvalue weighted by Gasteiger charge is -2.07. The van der Waals surface area contributed by atoms with Crippen LogP contribution in [0.15, 0.2) is 18.3 Å². The third-order valence-electron chi connectivity index (χ3n) is 2.61. The average Bonchev–Trinajstić information content (AvgIpc) is 2.48. The van der Waals surface area contributed by atoms with Gasteiger partial charge in [0.05, 0.1) is 5.69 Å². The molecule has 2 N–H and O–H groups in total. The van der Waals surface area contributed by atoms with Crippen molar-refractivity contribution in [3.8, 4) is 0 Å². The number of hydrogen-bond donors (Lipinski definition) is 2. The summed E-state index contributed by atoms with van der Waals surface area (Å²) in [7, 11) is 0. The summed E-state index contributed by atoms with van der Waals surface area (Å²) in [4.78, 5) is 27.0. The number of anilines is 1. The summed E-state index contributed by atoms with van der Waals surface area (Å²) in [5.41, 5.74) is 0.308.